The van der Waals surface area contributed by atoms with Gasteiger partial charge < -0.3 is 14.4 Å². The molecule has 0 radical (unpaired) electrons. The van der Waals surface area contributed by atoms with Crippen molar-refractivity contribution in [2.24, 2.45) is 23.7 Å². The van der Waals surface area contributed by atoms with Crippen molar-refractivity contribution < 1.29 is 28.7 Å². The fraction of sp³-hybridized carbons (Fsp3) is 0.333. The number of methoxy groups -OCH3 is 1. The molecule has 2 aromatic rings. The van der Waals surface area contributed by atoms with Gasteiger partial charge in [0.05, 0.1) is 30.6 Å². The van der Waals surface area contributed by atoms with Crippen LogP contribution in [0.5, 0.6) is 11.5 Å². The van der Waals surface area contributed by atoms with Crippen molar-refractivity contribution in [1.29, 1.82) is 0 Å². The topological polar surface area (TPSA) is 93.2 Å². The summed E-state index contributed by atoms with van der Waals surface area (Å²) in [6.45, 7) is 2.14. The molecule has 0 aromatic heterocycles. The van der Waals surface area contributed by atoms with Crippen molar-refractivity contribution in [2.75, 3.05) is 23.5 Å². The van der Waals surface area contributed by atoms with E-state index in [9.17, 15) is 19.2 Å². The van der Waals surface area contributed by atoms with E-state index < -0.39 is 11.9 Å². The third-order valence-corrected chi connectivity index (χ3v) is 6.99. The van der Waals surface area contributed by atoms with Crippen molar-refractivity contribution in [3.63, 3.8) is 0 Å². The molecule has 2 aliphatic heterocycles. The first-order chi connectivity index (χ1) is 16.9. The molecule has 35 heavy (non-hydrogen) atoms. The largest absolute Gasteiger partial charge is 0.497 e. The highest BCUT2D eigenvalue weighted by Gasteiger charge is 2.50. The standard InChI is InChI=1S/C27H26N2O6/c1-16-6-3-11-22-24(16)26(32)29(25(22)31)19-8-5-10-21(14-19)35-27(33)17-12-23(30)28(15-17)18-7-4-9-20(13-18)34-2/h3-10,13-14,16-17,22,24H,11-12,15H2,1-2H3/t16-,17+,22-,24+/m0/s1. The van der Waals surface area contributed by atoms with Crippen LogP contribution in [0.15, 0.2) is 60.7 Å². The van der Waals surface area contributed by atoms with E-state index in [1.165, 1.54) is 11.0 Å². The molecule has 2 saturated heterocycles. The molecule has 2 fully saturated rings. The van der Waals surface area contributed by atoms with Crippen molar-refractivity contribution in [2.45, 2.75) is 19.8 Å². The van der Waals surface area contributed by atoms with Crippen LogP contribution in [0.25, 0.3) is 0 Å². The Balaban J connectivity index is 1.29. The molecule has 180 valence electrons. The van der Waals surface area contributed by atoms with Gasteiger partial charge in [-0.15, -0.1) is 0 Å². The number of carbonyl (C=O) groups is 4. The molecule has 0 saturated carbocycles. The predicted molar refractivity (Wildman–Crippen MR) is 128 cm³/mol. The minimum Gasteiger partial charge on any atom is -0.497 e. The fourth-order valence-corrected chi connectivity index (χ4v) is 5.18. The van der Waals surface area contributed by atoms with E-state index in [0.717, 1.165) is 0 Å². The maximum Gasteiger partial charge on any atom is 0.316 e. The second-order valence-electron chi connectivity index (χ2n) is 9.19. The zero-order valence-electron chi connectivity index (χ0n) is 19.5. The molecular formula is C27H26N2O6. The molecule has 3 aliphatic rings. The first-order valence-corrected chi connectivity index (χ1v) is 11.7. The summed E-state index contributed by atoms with van der Waals surface area (Å²) in [6, 6.07) is 13.5. The number of hydrogen-bond donors (Lipinski definition) is 0. The number of carbonyl (C=O) groups excluding carboxylic acids is 4. The number of benzene rings is 2. The van der Waals surface area contributed by atoms with Gasteiger partial charge in [-0.25, -0.2) is 4.90 Å². The Morgan fingerprint density at radius 2 is 1.69 bits per heavy atom. The molecule has 4 atom stereocenters. The molecule has 2 heterocycles. The monoisotopic (exact) mass is 474 g/mol. The number of rotatable bonds is 5. The van der Waals surface area contributed by atoms with E-state index in [-0.39, 0.29) is 54.2 Å². The second-order valence-corrected chi connectivity index (χ2v) is 9.19. The fourth-order valence-electron chi connectivity index (χ4n) is 5.18. The normalized spacial score (nSPS) is 25.7. The van der Waals surface area contributed by atoms with E-state index in [4.69, 9.17) is 9.47 Å². The van der Waals surface area contributed by atoms with E-state index in [2.05, 4.69) is 0 Å². The number of allylic oxidation sites excluding steroid dienone is 2. The van der Waals surface area contributed by atoms with E-state index in [1.807, 2.05) is 19.1 Å². The highest BCUT2D eigenvalue weighted by atomic mass is 16.5. The van der Waals surface area contributed by atoms with Gasteiger partial charge in [0.15, 0.2) is 0 Å². The van der Waals surface area contributed by atoms with Gasteiger partial charge >= 0.3 is 5.97 Å². The minimum absolute atomic E-state index is 0.0105. The molecule has 0 N–H and O–H groups in total. The highest BCUT2D eigenvalue weighted by molar-refractivity contribution is 6.22. The summed E-state index contributed by atoms with van der Waals surface area (Å²) in [5, 5.41) is 0. The summed E-state index contributed by atoms with van der Waals surface area (Å²) in [6.07, 6.45) is 4.51. The summed E-state index contributed by atoms with van der Waals surface area (Å²) >= 11 is 0. The Kier molecular flexibility index (Phi) is 5.88. The van der Waals surface area contributed by atoms with Crippen LogP contribution in [0.3, 0.4) is 0 Å². The maximum absolute atomic E-state index is 13.1. The molecule has 0 bridgehead atoms. The van der Waals surface area contributed by atoms with Crippen molar-refractivity contribution in [3.05, 3.63) is 60.7 Å². The van der Waals surface area contributed by atoms with Crippen molar-refractivity contribution >= 4 is 35.1 Å². The van der Waals surface area contributed by atoms with Crippen LogP contribution in [0, 0.1) is 23.7 Å². The lowest BCUT2D eigenvalue weighted by atomic mass is 9.78. The van der Waals surface area contributed by atoms with Gasteiger partial charge in [-0.3, -0.25) is 19.2 Å². The van der Waals surface area contributed by atoms with Gasteiger partial charge in [0.2, 0.25) is 17.7 Å². The number of nitrogens with zero attached hydrogens (tertiary/aromatic N) is 2. The van der Waals surface area contributed by atoms with E-state index in [0.29, 0.717) is 23.5 Å². The van der Waals surface area contributed by atoms with Gasteiger partial charge in [-0.1, -0.05) is 31.2 Å². The number of esters is 1. The highest BCUT2D eigenvalue weighted by Crippen LogP contribution is 2.41. The smallest absolute Gasteiger partial charge is 0.316 e. The number of imide groups is 1. The van der Waals surface area contributed by atoms with Crippen LogP contribution in [0.2, 0.25) is 0 Å². The maximum atomic E-state index is 13.1. The van der Waals surface area contributed by atoms with Crippen molar-refractivity contribution in [3.8, 4) is 11.5 Å². The summed E-state index contributed by atoms with van der Waals surface area (Å²) < 4.78 is 10.8. The number of fused-ring (bicyclic) bond motifs is 1. The Labute approximate surface area is 203 Å². The average molecular weight is 475 g/mol. The third-order valence-electron chi connectivity index (χ3n) is 6.99. The Bertz CT molecular complexity index is 1240. The van der Waals surface area contributed by atoms with Crippen LogP contribution in [-0.4, -0.2) is 37.3 Å². The Morgan fingerprint density at radius 1 is 0.971 bits per heavy atom. The van der Waals surface area contributed by atoms with E-state index >= 15 is 0 Å². The molecule has 8 heteroatoms. The molecular weight excluding hydrogens is 448 g/mol. The van der Waals surface area contributed by atoms with E-state index in [1.54, 1.807) is 54.5 Å². The first kappa shape index (κ1) is 22.8. The third kappa shape index (κ3) is 4.09. The molecule has 0 unspecified atom stereocenters. The van der Waals surface area contributed by atoms with Crippen LogP contribution >= 0.6 is 0 Å². The SMILES string of the molecule is COc1cccc(N2C[C@H](C(=O)Oc3cccc(N4C(=O)[C@H]5[C@H](CC=C[C@@H]5C)C4=O)c3)CC2=O)c1. The number of anilines is 2. The summed E-state index contributed by atoms with van der Waals surface area (Å²) in [7, 11) is 1.55. The molecule has 5 rings (SSSR count). The quantitative estimate of drug-likeness (QED) is 0.286. The Hall–Kier alpha value is -3.94. The van der Waals surface area contributed by atoms with Gasteiger partial charge in [-0.2, -0.15) is 0 Å². The Morgan fingerprint density at radius 3 is 2.43 bits per heavy atom. The lowest BCUT2D eigenvalue weighted by molar-refractivity contribution is -0.139. The molecule has 8 nitrogen and oxygen atoms in total. The minimum atomic E-state index is -0.637. The lowest BCUT2D eigenvalue weighted by Gasteiger charge is -2.22. The first-order valence-electron chi connectivity index (χ1n) is 11.7. The van der Waals surface area contributed by atoms with Crippen LogP contribution in [0.4, 0.5) is 11.4 Å². The molecule has 0 spiro atoms. The number of amides is 3. The van der Waals surface area contributed by atoms with Crippen LogP contribution in [-0.2, 0) is 19.2 Å². The summed E-state index contributed by atoms with van der Waals surface area (Å²) in [5.74, 6) is -1.70. The lowest BCUT2D eigenvalue weighted by Crippen LogP contribution is -2.31. The van der Waals surface area contributed by atoms with Crippen molar-refractivity contribution in [1.82, 2.24) is 0 Å². The van der Waals surface area contributed by atoms with Gasteiger partial charge in [0, 0.05) is 30.8 Å². The van der Waals surface area contributed by atoms with Crippen LogP contribution in [0.1, 0.15) is 19.8 Å². The zero-order chi connectivity index (χ0) is 24.7. The van der Waals surface area contributed by atoms with Gasteiger partial charge in [0.1, 0.15) is 11.5 Å². The molecule has 3 amide bonds. The van der Waals surface area contributed by atoms with Crippen LogP contribution < -0.4 is 19.3 Å². The van der Waals surface area contributed by atoms with Gasteiger partial charge in [0.25, 0.3) is 0 Å². The van der Waals surface area contributed by atoms with Gasteiger partial charge in [-0.05, 0) is 36.6 Å². The number of hydrogen-bond acceptors (Lipinski definition) is 6. The summed E-state index contributed by atoms with van der Waals surface area (Å²) in [5.41, 5.74) is 1.04. The summed E-state index contributed by atoms with van der Waals surface area (Å²) in [4.78, 5) is 54.3. The zero-order valence-corrected chi connectivity index (χ0v) is 19.5. The number of ether oxygens (including phenoxy) is 2. The predicted octanol–water partition coefficient (Wildman–Crippen LogP) is 3.36. The average Bonchev–Trinajstić information content (AvgIpc) is 3.37. The second kappa shape index (κ2) is 9.02. The molecule has 1 aliphatic carbocycles. The molecule has 2 aromatic carbocycles.